The molecule has 3 nitrogen and oxygen atoms in total. The monoisotopic (exact) mass is 214 g/mol. The summed E-state index contributed by atoms with van der Waals surface area (Å²) in [5.41, 5.74) is -0.709. The van der Waals surface area contributed by atoms with Crippen LogP contribution in [-0.4, -0.2) is 23.6 Å². The maximum Gasteiger partial charge on any atom is 0.339 e. The molecule has 0 aromatic heterocycles. The molecule has 1 N–H and O–H groups in total. The molecule has 0 aliphatic carbocycles. The molecule has 0 saturated heterocycles. The first-order valence-electron chi connectivity index (χ1n) is 3.66. The zero-order chi connectivity index (χ0) is 10.7. The lowest BCUT2D eigenvalue weighted by Crippen LogP contribution is -2.06. The average molecular weight is 214 g/mol. The standard InChI is InChI=1S/C9H7FO3S/c1-14-6-3-2-5(4-11)7(8(6)10)9(12)13/h2-4H,1H3,(H,12,13). The largest absolute Gasteiger partial charge is 0.478 e. The van der Waals surface area contributed by atoms with E-state index in [-0.39, 0.29) is 10.5 Å². The van der Waals surface area contributed by atoms with Gasteiger partial charge in [-0.2, -0.15) is 0 Å². The van der Waals surface area contributed by atoms with Crippen molar-refractivity contribution in [1.82, 2.24) is 0 Å². The third kappa shape index (κ3) is 1.77. The van der Waals surface area contributed by atoms with Gasteiger partial charge in [-0.05, 0) is 18.4 Å². The molecule has 0 fully saturated rings. The molecule has 1 aromatic rings. The van der Waals surface area contributed by atoms with Crippen LogP contribution in [-0.2, 0) is 0 Å². The molecule has 0 aliphatic rings. The molecule has 0 heterocycles. The summed E-state index contributed by atoms with van der Waals surface area (Å²) in [4.78, 5) is 21.3. The van der Waals surface area contributed by atoms with Crippen LogP contribution >= 0.6 is 11.8 Å². The van der Waals surface area contributed by atoms with Crippen molar-refractivity contribution in [2.75, 3.05) is 6.26 Å². The molecule has 14 heavy (non-hydrogen) atoms. The molecule has 0 atom stereocenters. The molecule has 0 spiro atoms. The predicted molar refractivity (Wildman–Crippen MR) is 50.5 cm³/mol. The molecular formula is C9H7FO3S. The van der Waals surface area contributed by atoms with Gasteiger partial charge in [0.2, 0.25) is 0 Å². The second kappa shape index (κ2) is 4.23. The first-order valence-corrected chi connectivity index (χ1v) is 4.89. The van der Waals surface area contributed by atoms with E-state index < -0.39 is 17.3 Å². The summed E-state index contributed by atoms with van der Waals surface area (Å²) < 4.78 is 13.4. The van der Waals surface area contributed by atoms with E-state index in [0.717, 1.165) is 11.8 Å². The van der Waals surface area contributed by atoms with Crippen molar-refractivity contribution in [3.63, 3.8) is 0 Å². The lowest BCUT2D eigenvalue weighted by molar-refractivity contribution is 0.0688. The van der Waals surface area contributed by atoms with E-state index in [1.807, 2.05) is 0 Å². The van der Waals surface area contributed by atoms with Crippen LogP contribution in [0.15, 0.2) is 17.0 Å². The lowest BCUT2D eigenvalue weighted by atomic mass is 10.1. The third-order valence-electron chi connectivity index (χ3n) is 1.70. The van der Waals surface area contributed by atoms with Gasteiger partial charge in [-0.15, -0.1) is 11.8 Å². The van der Waals surface area contributed by atoms with Crippen molar-refractivity contribution >= 4 is 24.0 Å². The third-order valence-corrected chi connectivity index (χ3v) is 2.45. The SMILES string of the molecule is CSc1ccc(C=O)c(C(=O)O)c1F. The van der Waals surface area contributed by atoms with Gasteiger partial charge in [0.05, 0.1) is 0 Å². The van der Waals surface area contributed by atoms with E-state index in [0.29, 0.717) is 6.29 Å². The number of rotatable bonds is 3. The fraction of sp³-hybridized carbons (Fsp3) is 0.111. The Bertz CT molecular complexity index is 390. The molecule has 74 valence electrons. The first-order chi connectivity index (χ1) is 6.61. The number of benzene rings is 1. The highest BCUT2D eigenvalue weighted by molar-refractivity contribution is 7.98. The molecule has 0 amide bonds. The molecule has 0 saturated carbocycles. The molecule has 1 aromatic carbocycles. The van der Waals surface area contributed by atoms with Crippen LogP contribution in [0.1, 0.15) is 20.7 Å². The number of aldehydes is 1. The molecule has 0 radical (unpaired) electrons. The van der Waals surface area contributed by atoms with Crippen molar-refractivity contribution in [3.05, 3.63) is 29.1 Å². The first kappa shape index (κ1) is 10.7. The zero-order valence-corrected chi connectivity index (χ0v) is 8.10. The minimum atomic E-state index is -1.43. The van der Waals surface area contributed by atoms with Crippen molar-refractivity contribution in [1.29, 1.82) is 0 Å². The number of carboxylic acid groups (broad SMARTS) is 1. The normalized spacial score (nSPS) is 9.86. The smallest absolute Gasteiger partial charge is 0.339 e. The van der Waals surface area contributed by atoms with Gasteiger partial charge < -0.3 is 5.11 Å². The van der Waals surface area contributed by atoms with Crippen LogP contribution in [0.2, 0.25) is 0 Å². The Labute approximate surface area is 83.9 Å². The maximum absolute atomic E-state index is 13.4. The zero-order valence-electron chi connectivity index (χ0n) is 7.28. The number of hydrogen-bond donors (Lipinski definition) is 1. The molecule has 0 aliphatic heterocycles. The predicted octanol–water partition coefficient (Wildman–Crippen LogP) is 2.06. The number of thioether (sulfide) groups is 1. The van der Waals surface area contributed by atoms with Gasteiger partial charge in [-0.25, -0.2) is 9.18 Å². The number of carboxylic acids is 1. The number of carbonyl (C=O) groups is 2. The molecule has 1 rings (SSSR count). The molecular weight excluding hydrogens is 207 g/mol. The Morgan fingerprint density at radius 2 is 2.21 bits per heavy atom. The van der Waals surface area contributed by atoms with E-state index in [1.54, 1.807) is 6.26 Å². The fourth-order valence-corrected chi connectivity index (χ4v) is 1.53. The fourth-order valence-electron chi connectivity index (χ4n) is 1.05. The van der Waals surface area contributed by atoms with E-state index in [1.165, 1.54) is 12.1 Å². The quantitative estimate of drug-likeness (QED) is 0.618. The van der Waals surface area contributed by atoms with Crippen LogP contribution < -0.4 is 0 Å². The van der Waals surface area contributed by atoms with E-state index >= 15 is 0 Å². The van der Waals surface area contributed by atoms with Crippen molar-refractivity contribution in [2.24, 2.45) is 0 Å². The van der Waals surface area contributed by atoms with Gasteiger partial charge in [0.25, 0.3) is 0 Å². The summed E-state index contributed by atoms with van der Waals surface area (Å²) in [6.07, 6.45) is 1.96. The Kier molecular flexibility index (Phi) is 3.24. The number of aromatic carboxylic acids is 1. The maximum atomic E-state index is 13.4. The average Bonchev–Trinajstić information content (AvgIpc) is 2.16. The topological polar surface area (TPSA) is 54.4 Å². The van der Waals surface area contributed by atoms with E-state index in [9.17, 15) is 14.0 Å². The summed E-state index contributed by atoms with van der Waals surface area (Å²) in [6, 6.07) is 2.68. The highest BCUT2D eigenvalue weighted by atomic mass is 32.2. The van der Waals surface area contributed by atoms with Crippen molar-refractivity contribution < 1.29 is 19.1 Å². The van der Waals surface area contributed by atoms with Gasteiger partial charge in [0.15, 0.2) is 12.1 Å². The lowest BCUT2D eigenvalue weighted by Gasteiger charge is -2.04. The number of halogens is 1. The van der Waals surface area contributed by atoms with Gasteiger partial charge in [-0.1, -0.05) is 0 Å². The van der Waals surface area contributed by atoms with Crippen molar-refractivity contribution in [3.8, 4) is 0 Å². The van der Waals surface area contributed by atoms with E-state index in [4.69, 9.17) is 5.11 Å². The van der Waals surface area contributed by atoms with Crippen LogP contribution in [0.3, 0.4) is 0 Å². The summed E-state index contributed by atoms with van der Waals surface area (Å²) in [5, 5.41) is 8.69. The van der Waals surface area contributed by atoms with Crippen LogP contribution in [0.4, 0.5) is 4.39 Å². The van der Waals surface area contributed by atoms with Gasteiger partial charge in [0, 0.05) is 10.5 Å². The Balaban J connectivity index is 3.46. The summed E-state index contributed by atoms with van der Waals surface area (Å²) in [6.45, 7) is 0. The summed E-state index contributed by atoms with van der Waals surface area (Å²) in [5.74, 6) is -2.28. The second-order valence-corrected chi connectivity index (χ2v) is 3.32. The van der Waals surface area contributed by atoms with Gasteiger partial charge in [-0.3, -0.25) is 4.79 Å². The molecule has 0 bridgehead atoms. The van der Waals surface area contributed by atoms with Gasteiger partial charge in [0.1, 0.15) is 5.56 Å². The summed E-state index contributed by atoms with van der Waals surface area (Å²) in [7, 11) is 0. The second-order valence-electron chi connectivity index (χ2n) is 2.47. The molecule has 5 heteroatoms. The molecule has 0 unspecified atom stereocenters. The van der Waals surface area contributed by atoms with Crippen LogP contribution in [0, 0.1) is 5.82 Å². The Hall–Kier alpha value is -1.36. The summed E-state index contributed by atoms with van der Waals surface area (Å²) >= 11 is 1.09. The van der Waals surface area contributed by atoms with Gasteiger partial charge >= 0.3 is 5.97 Å². The minimum absolute atomic E-state index is 0.146. The number of carbonyl (C=O) groups excluding carboxylic acids is 1. The number of hydrogen-bond acceptors (Lipinski definition) is 3. The Morgan fingerprint density at radius 1 is 1.57 bits per heavy atom. The van der Waals surface area contributed by atoms with E-state index in [2.05, 4.69) is 0 Å². The van der Waals surface area contributed by atoms with Crippen LogP contribution in [0.5, 0.6) is 0 Å². The Morgan fingerprint density at radius 3 is 2.64 bits per heavy atom. The highest BCUT2D eigenvalue weighted by Crippen LogP contribution is 2.24. The highest BCUT2D eigenvalue weighted by Gasteiger charge is 2.18. The van der Waals surface area contributed by atoms with Crippen molar-refractivity contribution in [2.45, 2.75) is 4.90 Å². The minimum Gasteiger partial charge on any atom is -0.478 e. The van der Waals surface area contributed by atoms with Crippen LogP contribution in [0.25, 0.3) is 0 Å².